The topological polar surface area (TPSA) is 67.6 Å². The zero-order valence-electron chi connectivity index (χ0n) is 14.3. The number of carbonyl (C=O) groups is 1. The molecule has 0 aromatic heterocycles. The summed E-state index contributed by atoms with van der Waals surface area (Å²) in [4.78, 5) is 14.6. The number of nitrogens with zero attached hydrogens (tertiary/aromatic N) is 1. The maximum atomic E-state index is 12.3. The van der Waals surface area contributed by atoms with Gasteiger partial charge in [-0.3, -0.25) is 9.69 Å². The predicted molar refractivity (Wildman–Crippen MR) is 88.6 cm³/mol. The molecule has 5 nitrogen and oxygen atoms in total. The molecule has 2 fully saturated rings. The van der Waals surface area contributed by atoms with Crippen molar-refractivity contribution in [2.75, 3.05) is 32.8 Å². The van der Waals surface area contributed by atoms with E-state index in [2.05, 4.69) is 24.1 Å². The summed E-state index contributed by atoms with van der Waals surface area (Å²) in [6, 6.07) is -0.358. The lowest BCUT2D eigenvalue weighted by molar-refractivity contribution is -0.123. The van der Waals surface area contributed by atoms with Crippen LogP contribution in [0.4, 0.5) is 0 Å². The Balaban J connectivity index is 1.73. The van der Waals surface area contributed by atoms with Gasteiger partial charge in [-0.05, 0) is 26.2 Å². The Morgan fingerprint density at radius 2 is 1.91 bits per heavy atom. The molecule has 1 unspecified atom stereocenters. The van der Waals surface area contributed by atoms with Gasteiger partial charge in [0, 0.05) is 25.2 Å². The second-order valence-electron chi connectivity index (χ2n) is 7.48. The van der Waals surface area contributed by atoms with Crippen molar-refractivity contribution in [1.29, 1.82) is 0 Å². The predicted octanol–water partition coefficient (Wildman–Crippen LogP) is 1.51. The van der Waals surface area contributed by atoms with E-state index < -0.39 is 0 Å². The summed E-state index contributed by atoms with van der Waals surface area (Å²) >= 11 is 0. The Hall–Kier alpha value is -0.650. The van der Waals surface area contributed by atoms with E-state index in [-0.39, 0.29) is 17.5 Å². The molecule has 2 rings (SSSR count). The van der Waals surface area contributed by atoms with Gasteiger partial charge in [-0.1, -0.05) is 32.1 Å². The molecule has 2 aliphatic rings. The zero-order chi connectivity index (χ0) is 16.0. The second-order valence-corrected chi connectivity index (χ2v) is 7.48. The van der Waals surface area contributed by atoms with E-state index in [9.17, 15) is 4.79 Å². The van der Waals surface area contributed by atoms with Gasteiger partial charge in [-0.15, -0.1) is 0 Å². The van der Waals surface area contributed by atoms with Crippen molar-refractivity contribution in [2.45, 2.75) is 64.0 Å². The molecule has 0 radical (unpaired) electrons. The Morgan fingerprint density at radius 3 is 2.55 bits per heavy atom. The molecular formula is C17H33N3O2. The summed E-state index contributed by atoms with van der Waals surface area (Å²) < 4.78 is 5.39. The SMILES string of the molecule is CC(C)(CNC(=O)C(N)CC1CCCCC1)N1CCOCC1. The fourth-order valence-electron chi connectivity index (χ4n) is 3.60. The third-order valence-electron chi connectivity index (χ3n) is 5.21. The van der Waals surface area contributed by atoms with Crippen LogP contribution in [0.5, 0.6) is 0 Å². The first-order valence-corrected chi connectivity index (χ1v) is 8.85. The molecule has 1 saturated heterocycles. The van der Waals surface area contributed by atoms with Crippen LogP contribution >= 0.6 is 0 Å². The maximum absolute atomic E-state index is 12.3. The number of morpholine rings is 1. The highest BCUT2D eigenvalue weighted by Gasteiger charge is 2.29. The van der Waals surface area contributed by atoms with Crippen molar-refractivity contribution < 1.29 is 9.53 Å². The van der Waals surface area contributed by atoms with Crippen molar-refractivity contribution in [3.63, 3.8) is 0 Å². The number of amides is 1. The summed E-state index contributed by atoms with van der Waals surface area (Å²) in [5.74, 6) is 0.647. The van der Waals surface area contributed by atoms with Gasteiger partial charge in [0.1, 0.15) is 0 Å². The number of nitrogens with two attached hydrogens (primary N) is 1. The fourth-order valence-corrected chi connectivity index (χ4v) is 3.60. The van der Waals surface area contributed by atoms with Crippen molar-refractivity contribution in [2.24, 2.45) is 11.7 Å². The van der Waals surface area contributed by atoms with Gasteiger partial charge >= 0.3 is 0 Å². The van der Waals surface area contributed by atoms with Gasteiger partial charge in [0.05, 0.1) is 19.3 Å². The molecule has 1 aliphatic heterocycles. The summed E-state index contributed by atoms with van der Waals surface area (Å²) in [6.45, 7) is 8.39. The number of rotatable bonds is 6. The first-order chi connectivity index (χ1) is 10.5. The molecule has 1 atom stereocenters. The van der Waals surface area contributed by atoms with E-state index in [1.54, 1.807) is 0 Å². The largest absolute Gasteiger partial charge is 0.379 e. The fraction of sp³-hybridized carbons (Fsp3) is 0.941. The molecule has 22 heavy (non-hydrogen) atoms. The van der Waals surface area contributed by atoms with Crippen LogP contribution in [0.1, 0.15) is 52.4 Å². The molecule has 1 amide bonds. The normalized spacial score (nSPS) is 23.2. The van der Waals surface area contributed by atoms with Crippen molar-refractivity contribution >= 4 is 5.91 Å². The second kappa shape index (κ2) is 8.27. The third-order valence-corrected chi connectivity index (χ3v) is 5.21. The molecule has 128 valence electrons. The molecule has 0 aromatic rings. The maximum Gasteiger partial charge on any atom is 0.236 e. The Morgan fingerprint density at radius 1 is 1.27 bits per heavy atom. The Labute approximate surface area is 134 Å². The van der Waals surface area contributed by atoms with E-state index in [1.165, 1.54) is 32.1 Å². The van der Waals surface area contributed by atoms with E-state index in [0.29, 0.717) is 12.5 Å². The quantitative estimate of drug-likeness (QED) is 0.780. The monoisotopic (exact) mass is 311 g/mol. The number of nitrogens with one attached hydrogen (secondary N) is 1. The highest BCUT2D eigenvalue weighted by molar-refractivity contribution is 5.81. The van der Waals surface area contributed by atoms with Gasteiger partial charge in [-0.2, -0.15) is 0 Å². The third kappa shape index (κ3) is 5.21. The molecule has 0 spiro atoms. The van der Waals surface area contributed by atoms with E-state index >= 15 is 0 Å². The molecule has 1 aliphatic carbocycles. The molecule has 0 aromatic carbocycles. The lowest BCUT2D eigenvalue weighted by Gasteiger charge is -2.41. The zero-order valence-corrected chi connectivity index (χ0v) is 14.3. The van der Waals surface area contributed by atoms with Crippen LogP contribution in [0, 0.1) is 5.92 Å². The summed E-state index contributed by atoms with van der Waals surface area (Å²) in [5.41, 5.74) is 6.06. The number of carbonyl (C=O) groups excluding carboxylic acids is 1. The molecule has 5 heteroatoms. The first kappa shape index (κ1) is 17.7. The van der Waals surface area contributed by atoms with E-state index in [0.717, 1.165) is 32.7 Å². The van der Waals surface area contributed by atoms with E-state index in [4.69, 9.17) is 10.5 Å². The molecule has 0 bridgehead atoms. The van der Waals surface area contributed by atoms with Gasteiger partial charge < -0.3 is 15.8 Å². The minimum atomic E-state index is -0.358. The summed E-state index contributed by atoms with van der Waals surface area (Å²) in [7, 11) is 0. The molecule has 3 N–H and O–H groups in total. The first-order valence-electron chi connectivity index (χ1n) is 8.85. The highest BCUT2D eigenvalue weighted by atomic mass is 16.5. The minimum absolute atomic E-state index is 0.00640. The molecule has 1 saturated carbocycles. The van der Waals surface area contributed by atoms with Crippen LogP contribution in [-0.2, 0) is 9.53 Å². The van der Waals surface area contributed by atoms with Crippen LogP contribution in [0.3, 0.4) is 0 Å². The molecule has 1 heterocycles. The number of hydrogen-bond donors (Lipinski definition) is 2. The van der Waals surface area contributed by atoms with Gasteiger partial charge in [-0.25, -0.2) is 0 Å². The van der Waals surface area contributed by atoms with Crippen LogP contribution in [0.15, 0.2) is 0 Å². The number of hydrogen-bond acceptors (Lipinski definition) is 4. The van der Waals surface area contributed by atoms with Gasteiger partial charge in [0.2, 0.25) is 5.91 Å². The standard InChI is InChI=1S/C17H33N3O2/c1-17(2,20-8-10-22-11-9-20)13-19-16(21)15(18)12-14-6-4-3-5-7-14/h14-15H,3-13,18H2,1-2H3,(H,19,21). The van der Waals surface area contributed by atoms with Crippen LogP contribution in [0.25, 0.3) is 0 Å². The summed E-state index contributed by atoms with van der Waals surface area (Å²) in [5, 5.41) is 3.06. The van der Waals surface area contributed by atoms with Crippen molar-refractivity contribution in [3.05, 3.63) is 0 Å². The Bertz CT molecular complexity index is 348. The van der Waals surface area contributed by atoms with E-state index in [1.807, 2.05) is 0 Å². The summed E-state index contributed by atoms with van der Waals surface area (Å²) in [6.07, 6.45) is 7.24. The average Bonchev–Trinajstić information content (AvgIpc) is 2.54. The van der Waals surface area contributed by atoms with Gasteiger partial charge in [0.25, 0.3) is 0 Å². The van der Waals surface area contributed by atoms with Crippen molar-refractivity contribution in [1.82, 2.24) is 10.2 Å². The smallest absolute Gasteiger partial charge is 0.236 e. The Kier molecular flexibility index (Phi) is 6.66. The van der Waals surface area contributed by atoms with Crippen LogP contribution in [0.2, 0.25) is 0 Å². The highest BCUT2D eigenvalue weighted by Crippen LogP contribution is 2.27. The van der Waals surface area contributed by atoms with Crippen LogP contribution in [-0.4, -0.2) is 55.2 Å². The van der Waals surface area contributed by atoms with Gasteiger partial charge in [0.15, 0.2) is 0 Å². The molecular weight excluding hydrogens is 278 g/mol. The minimum Gasteiger partial charge on any atom is -0.379 e. The lowest BCUT2D eigenvalue weighted by atomic mass is 9.85. The average molecular weight is 311 g/mol. The number of ether oxygens (including phenoxy) is 1. The van der Waals surface area contributed by atoms with Crippen molar-refractivity contribution in [3.8, 4) is 0 Å². The van der Waals surface area contributed by atoms with Crippen LogP contribution < -0.4 is 11.1 Å². The lowest BCUT2D eigenvalue weighted by Crippen LogP contribution is -2.56.